The maximum atomic E-state index is 12.4. The molecule has 0 amide bonds. The Morgan fingerprint density at radius 3 is 2.42 bits per heavy atom. The molecule has 3 aromatic rings. The van der Waals surface area contributed by atoms with Gasteiger partial charge in [-0.15, -0.1) is 0 Å². The summed E-state index contributed by atoms with van der Waals surface area (Å²) < 4.78 is 28.1. The fourth-order valence-corrected chi connectivity index (χ4v) is 4.53. The van der Waals surface area contributed by atoms with Crippen LogP contribution in [0.2, 0.25) is 0 Å². The molecule has 0 fully saturated rings. The molecule has 0 atom stereocenters. The molecule has 0 radical (unpaired) electrons. The van der Waals surface area contributed by atoms with Gasteiger partial charge in [-0.3, -0.25) is 4.79 Å². The second-order valence-corrected chi connectivity index (χ2v) is 9.74. The number of benzene rings is 3. The molecule has 0 aliphatic carbocycles. The molecule has 3 rings (SSSR count). The number of nitrogens with two attached hydrogens (primary N) is 1. The molecule has 2 N–H and O–H groups in total. The lowest BCUT2D eigenvalue weighted by Crippen LogP contribution is -2.11. The third-order valence-corrected chi connectivity index (χ3v) is 6.51. The molecule has 31 heavy (non-hydrogen) atoms. The molecule has 162 valence electrons. The van der Waals surface area contributed by atoms with E-state index in [0.29, 0.717) is 6.42 Å². The Morgan fingerprint density at radius 2 is 1.71 bits per heavy atom. The van der Waals surface area contributed by atoms with Crippen molar-refractivity contribution >= 4 is 38.5 Å². The number of halogens is 1. The van der Waals surface area contributed by atoms with E-state index in [4.69, 9.17) is 21.5 Å². The lowest BCUT2D eigenvalue weighted by atomic mass is 10.1. The molecule has 0 saturated heterocycles. The van der Waals surface area contributed by atoms with Gasteiger partial charge in [0, 0.05) is 11.3 Å². The summed E-state index contributed by atoms with van der Waals surface area (Å²) in [6.07, 6.45) is 1.98. The zero-order chi connectivity index (χ0) is 22.3. The van der Waals surface area contributed by atoms with E-state index in [1.165, 1.54) is 23.9 Å². The number of ether oxygens (including phenoxy) is 1. The SMILES string of the molecule is NS(=O)(=O)c1ccc(-c2cccc(SC(=O)CCCc3cccc(OCCl)c3)c2)cc1. The van der Waals surface area contributed by atoms with E-state index in [1.54, 1.807) is 12.1 Å². The Balaban J connectivity index is 1.57. The van der Waals surface area contributed by atoms with Gasteiger partial charge in [-0.2, -0.15) is 0 Å². The standard InChI is InChI=1S/C23H22ClNO4S2/c24-16-29-20-7-1-4-17(14-20)5-2-9-23(26)30-21-8-3-6-19(15-21)18-10-12-22(13-11-18)31(25,27)28/h1,3-4,6-8,10-15H,2,5,9,16H2,(H2,25,27,28). The summed E-state index contributed by atoms with van der Waals surface area (Å²) in [6.45, 7) is 0. The van der Waals surface area contributed by atoms with Crippen molar-refractivity contribution in [3.05, 3.63) is 78.4 Å². The van der Waals surface area contributed by atoms with E-state index in [0.717, 1.165) is 40.2 Å². The minimum Gasteiger partial charge on any atom is -0.478 e. The molecule has 0 aliphatic heterocycles. The first-order chi connectivity index (χ1) is 14.8. The summed E-state index contributed by atoms with van der Waals surface area (Å²) in [6, 6.07) is 21.8. The second-order valence-electron chi connectivity index (χ2n) is 6.83. The van der Waals surface area contributed by atoms with Crippen molar-refractivity contribution in [2.24, 2.45) is 5.14 Å². The van der Waals surface area contributed by atoms with Gasteiger partial charge in [0.1, 0.15) is 5.75 Å². The van der Waals surface area contributed by atoms with Gasteiger partial charge in [0.25, 0.3) is 0 Å². The highest BCUT2D eigenvalue weighted by molar-refractivity contribution is 8.13. The number of thioether (sulfide) groups is 1. The quantitative estimate of drug-likeness (QED) is 0.338. The maximum absolute atomic E-state index is 12.4. The normalized spacial score (nSPS) is 11.3. The first-order valence-electron chi connectivity index (χ1n) is 9.57. The fourth-order valence-electron chi connectivity index (χ4n) is 3.05. The number of sulfonamides is 1. The smallest absolute Gasteiger partial charge is 0.238 e. The Morgan fingerprint density at radius 1 is 0.968 bits per heavy atom. The van der Waals surface area contributed by atoms with Crippen molar-refractivity contribution < 1.29 is 17.9 Å². The molecule has 0 heterocycles. The minimum absolute atomic E-state index is 0.0664. The zero-order valence-corrected chi connectivity index (χ0v) is 19.1. The van der Waals surface area contributed by atoms with Crippen LogP contribution in [-0.4, -0.2) is 19.6 Å². The number of carbonyl (C=O) groups is 1. The molecule has 0 bridgehead atoms. The van der Waals surface area contributed by atoms with Crippen LogP contribution in [-0.2, 0) is 21.2 Å². The topological polar surface area (TPSA) is 86.5 Å². The first kappa shape index (κ1) is 23.3. The van der Waals surface area contributed by atoms with Crippen LogP contribution in [0.25, 0.3) is 11.1 Å². The van der Waals surface area contributed by atoms with Crippen molar-refractivity contribution in [2.75, 3.05) is 6.07 Å². The van der Waals surface area contributed by atoms with Crippen LogP contribution in [0.5, 0.6) is 5.75 Å². The van der Waals surface area contributed by atoms with Crippen molar-refractivity contribution in [3.8, 4) is 16.9 Å². The Kier molecular flexibility index (Phi) is 8.15. The predicted molar refractivity (Wildman–Crippen MR) is 125 cm³/mol. The van der Waals surface area contributed by atoms with E-state index in [-0.39, 0.29) is 16.1 Å². The number of carbonyl (C=O) groups excluding carboxylic acids is 1. The summed E-state index contributed by atoms with van der Waals surface area (Å²) >= 11 is 6.80. The third kappa shape index (κ3) is 7.11. The highest BCUT2D eigenvalue weighted by Gasteiger charge is 2.09. The average molecular weight is 476 g/mol. The predicted octanol–water partition coefficient (Wildman–Crippen LogP) is 5.22. The highest BCUT2D eigenvalue weighted by Crippen LogP contribution is 2.28. The summed E-state index contributed by atoms with van der Waals surface area (Å²) in [4.78, 5) is 13.3. The van der Waals surface area contributed by atoms with Crippen LogP contribution >= 0.6 is 23.4 Å². The maximum Gasteiger partial charge on any atom is 0.238 e. The Bertz CT molecular complexity index is 1150. The van der Waals surface area contributed by atoms with Crippen molar-refractivity contribution in [1.29, 1.82) is 0 Å². The molecule has 8 heteroatoms. The lowest BCUT2D eigenvalue weighted by molar-refractivity contribution is -0.111. The second kappa shape index (κ2) is 10.8. The summed E-state index contributed by atoms with van der Waals surface area (Å²) in [5.74, 6) is 0.724. The highest BCUT2D eigenvalue weighted by atomic mass is 35.5. The molecule has 0 aliphatic rings. The van der Waals surface area contributed by atoms with Crippen LogP contribution in [0.1, 0.15) is 18.4 Å². The number of alkyl halides is 1. The molecule has 0 unspecified atom stereocenters. The number of primary sulfonamides is 1. The molecule has 5 nitrogen and oxygen atoms in total. The number of hydrogen-bond acceptors (Lipinski definition) is 5. The van der Waals surface area contributed by atoms with Gasteiger partial charge in [0.15, 0.2) is 11.2 Å². The number of rotatable bonds is 9. The van der Waals surface area contributed by atoms with E-state index >= 15 is 0 Å². The first-order valence-corrected chi connectivity index (χ1v) is 12.5. The minimum atomic E-state index is -3.72. The van der Waals surface area contributed by atoms with Gasteiger partial charge >= 0.3 is 0 Å². The summed E-state index contributed by atoms with van der Waals surface area (Å²) in [5, 5.41) is 5.23. The van der Waals surface area contributed by atoms with Crippen LogP contribution in [0, 0.1) is 0 Å². The molecule has 0 spiro atoms. The van der Waals surface area contributed by atoms with Crippen molar-refractivity contribution in [1.82, 2.24) is 0 Å². The van der Waals surface area contributed by atoms with Crippen LogP contribution in [0.15, 0.2) is 82.6 Å². The third-order valence-electron chi connectivity index (χ3n) is 4.55. The molecular formula is C23H22ClNO4S2. The van der Waals surface area contributed by atoms with Gasteiger partial charge < -0.3 is 4.74 Å². The molecular weight excluding hydrogens is 454 g/mol. The van der Waals surface area contributed by atoms with Crippen LogP contribution < -0.4 is 9.88 Å². The fraction of sp³-hybridized carbons (Fsp3) is 0.174. The van der Waals surface area contributed by atoms with E-state index in [2.05, 4.69) is 0 Å². The number of hydrogen-bond donors (Lipinski definition) is 1. The lowest BCUT2D eigenvalue weighted by Gasteiger charge is -2.07. The largest absolute Gasteiger partial charge is 0.478 e. The van der Waals surface area contributed by atoms with Gasteiger partial charge in [-0.05, 0) is 65.9 Å². The Labute approximate surface area is 191 Å². The van der Waals surface area contributed by atoms with E-state index in [9.17, 15) is 13.2 Å². The van der Waals surface area contributed by atoms with Gasteiger partial charge in [0.2, 0.25) is 10.0 Å². The zero-order valence-electron chi connectivity index (χ0n) is 16.7. The Hall–Kier alpha value is -2.32. The van der Waals surface area contributed by atoms with Crippen molar-refractivity contribution in [3.63, 3.8) is 0 Å². The van der Waals surface area contributed by atoms with Gasteiger partial charge in [0.05, 0.1) is 4.90 Å². The van der Waals surface area contributed by atoms with Gasteiger partial charge in [-0.1, -0.05) is 59.8 Å². The van der Waals surface area contributed by atoms with Gasteiger partial charge in [-0.25, -0.2) is 13.6 Å². The molecule has 3 aromatic carbocycles. The molecule has 0 aromatic heterocycles. The van der Waals surface area contributed by atoms with Crippen LogP contribution in [0.3, 0.4) is 0 Å². The van der Waals surface area contributed by atoms with Crippen LogP contribution in [0.4, 0.5) is 0 Å². The average Bonchev–Trinajstić information content (AvgIpc) is 2.74. The van der Waals surface area contributed by atoms with E-state index < -0.39 is 10.0 Å². The monoisotopic (exact) mass is 475 g/mol. The van der Waals surface area contributed by atoms with E-state index in [1.807, 2.05) is 48.5 Å². The summed E-state index contributed by atoms with van der Waals surface area (Å²) in [5.41, 5.74) is 2.85. The van der Waals surface area contributed by atoms with Crippen molar-refractivity contribution in [2.45, 2.75) is 29.1 Å². The number of aryl methyl sites for hydroxylation is 1. The molecule has 0 saturated carbocycles. The summed E-state index contributed by atoms with van der Waals surface area (Å²) in [7, 11) is -3.72.